The topological polar surface area (TPSA) is 55.2 Å². The van der Waals surface area contributed by atoms with E-state index in [1.165, 1.54) is 22.2 Å². The Hall–Kier alpha value is -2.60. The Balaban J connectivity index is 2.03. The molecule has 0 saturated heterocycles. The van der Waals surface area contributed by atoms with Crippen LogP contribution in [0.3, 0.4) is 0 Å². The first-order valence-electron chi connectivity index (χ1n) is 8.34. The average Bonchev–Trinajstić information content (AvgIpc) is 2.64. The van der Waals surface area contributed by atoms with E-state index in [1.54, 1.807) is 24.7 Å². The van der Waals surface area contributed by atoms with Gasteiger partial charge in [0.2, 0.25) is 5.91 Å². The van der Waals surface area contributed by atoms with Crippen molar-refractivity contribution in [1.29, 1.82) is 0 Å². The molecule has 5 nitrogen and oxygen atoms in total. The Kier molecular flexibility index (Phi) is 5.42. The van der Waals surface area contributed by atoms with Gasteiger partial charge in [-0.05, 0) is 24.6 Å². The summed E-state index contributed by atoms with van der Waals surface area (Å²) in [6.45, 7) is 2.46. The maximum atomic E-state index is 13.0. The number of rotatable bonds is 5. The predicted octanol–water partition coefficient (Wildman–Crippen LogP) is 2.93. The first kappa shape index (κ1) is 18.2. The number of nitrogens with zero attached hydrogens (tertiary/aromatic N) is 3. The number of amides is 1. The molecule has 0 aliphatic heterocycles. The van der Waals surface area contributed by atoms with Gasteiger partial charge in [-0.2, -0.15) is 0 Å². The summed E-state index contributed by atoms with van der Waals surface area (Å²) in [7, 11) is 3.44. The molecule has 0 unspecified atom stereocenters. The number of aromatic nitrogens is 2. The second-order valence-electron chi connectivity index (χ2n) is 6.37. The van der Waals surface area contributed by atoms with Crippen LogP contribution in [0.25, 0.3) is 10.9 Å². The molecule has 0 saturated carbocycles. The van der Waals surface area contributed by atoms with Crippen LogP contribution < -0.4 is 5.56 Å². The zero-order valence-corrected chi connectivity index (χ0v) is 15.9. The maximum Gasteiger partial charge on any atom is 0.262 e. The predicted molar refractivity (Wildman–Crippen MR) is 106 cm³/mol. The Bertz CT molecular complexity index is 994. The van der Waals surface area contributed by atoms with E-state index in [0.29, 0.717) is 22.6 Å². The summed E-state index contributed by atoms with van der Waals surface area (Å²) in [5.41, 5.74) is 2.76. The summed E-state index contributed by atoms with van der Waals surface area (Å²) in [5, 5.41) is 1.15. The summed E-state index contributed by atoms with van der Waals surface area (Å²) in [6, 6.07) is 15.4. The number of aryl methyl sites for hydroxylation is 1. The van der Waals surface area contributed by atoms with E-state index in [2.05, 4.69) is 4.98 Å². The minimum absolute atomic E-state index is 0.0145. The monoisotopic (exact) mass is 367 g/mol. The number of thioether (sulfide) groups is 1. The van der Waals surface area contributed by atoms with Crippen molar-refractivity contribution in [2.75, 3.05) is 19.8 Å². The van der Waals surface area contributed by atoms with Gasteiger partial charge in [-0.3, -0.25) is 14.2 Å². The molecular formula is C20H21N3O2S. The van der Waals surface area contributed by atoms with Gasteiger partial charge in [0, 0.05) is 14.1 Å². The molecule has 6 heteroatoms. The maximum absolute atomic E-state index is 13.0. The lowest BCUT2D eigenvalue weighted by Gasteiger charge is -2.14. The summed E-state index contributed by atoms with van der Waals surface area (Å²) < 4.78 is 1.65. The minimum atomic E-state index is -0.0871. The Morgan fingerprint density at radius 3 is 2.50 bits per heavy atom. The van der Waals surface area contributed by atoms with Crippen LogP contribution in [0.1, 0.15) is 11.1 Å². The fourth-order valence-corrected chi connectivity index (χ4v) is 3.51. The molecule has 0 radical (unpaired) electrons. The number of fused-ring (bicyclic) bond motifs is 1. The van der Waals surface area contributed by atoms with E-state index in [1.807, 2.05) is 49.4 Å². The van der Waals surface area contributed by atoms with E-state index in [0.717, 1.165) is 5.56 Å². The average molecular weight is 367 g/mol. The second-order valence-corrected chi connectivity index (χ2v) is 7.31. The fraction of sp³-hybridized carbons (Fsp3) is 0.250. The molecule has 1 aromatic heterocycles. The zero-order valence-electron chi connectivity index (χ0n) is 15.1. The number of carbonyl (C=O) groups is 1. The number of hydrogen-bond acceptors (Lipinski definition) is 4. The Labute approximate surface area is 156 Å². The molecule has 0 bridgehead atoms. The highest BCUT2D eigenvalue weighted by molar-refractivity contribution is 7.99. The van der Waals surface area contributed by atoms with Crippen LogP contribution in [0.2, 0.25) is 0 Å². The van der Waals surface area contributed by atoms with E-state index in [9.17, 15) is 9.59 Å². The third kappa shape index (κ3) is 3.96. The quantitative estimate of drug-likeness (QED) is 0.514. The van der Waals surface area contributed by atoms with Gasteiger partial charge in [-0.1, -0.05) is 53.7 Å². The van der Waals surface area contributed by atoms with E-state index in [-0.39, 0.29) is 17.2 Å². The van der Waals surface area contributed by atoms with Gasteiger partial charge in [-0.15, -0.1) is 0 Å². The van der Waals surface area contributed by atoms with Crippen molar-refractivity contribution in [3.63, 3.8) is 0 Å². The van der Waals surface area contributed by atoms with Crippen LogP contribution in [0.15, 0.2) is 58.5 Å². The van der Waals surface area contributed by atoms with Gasteiger partial charge < -0.3 is 4.90 Å². The van der Waals surface area contributed by atoms with Gasteiger partial charge in [0.05, 0.1) is 23.2 Å². The van der Waals surface area contributed by atoms with Crippen LogP contribution in [0.4, 0.5) is 0 Å². The smallest absolute Gasteiger partial charge is 0.262 e. The van der Waals surface area contributed by atoms with Crippen LogP contribution >= 0.6 is 11.8 Å². The normalized spacial score (nSPS) is 10.9. The molecule has 0 atom stereocenters. The van der Waals surface area contributed by atoms with E-state index in [4.69, 9.17) is 0 Å². The molecule has 0 spiro atoms. The molecule has 26 heavy (non-hydrogen) atoms. The van der Waals surface area contributed by atoms with Crippen molar-refractivity contribution in [3.05, 3.63) is 70.0 Å². The molecule has 0 fully saturated rings. The van der Waals surface area contributed by atoms with Crippen LogP contribution in [-0.2, 0) is 11.3 Å². The first-order valence-corrected chi connectivity index (χ1v) is 9.32. The van der Waals surface area contributed by atoms with Crippen molar-refractivity contribution in [2.45, 2.75) is 18.6 Å². The third-order valence-corrected chi connectivity index (χ3v) is 5.07. The molecular weight excluding hydrogens is 346 g/mol. The second kappa shape index (κ2) is 7.74. The van der Waals surface area contributed by atoms with Crippen LogP contribution in [0.5, 0.6) is 0 Å². The number of benzene rings is 2. The number of hydrogen-bond donors (Lipinski definition) is 0. The molecule has 3 aromatic rings. The largest absolute Gasteiger partial charge is 0.348 e. The molecule has 0 aliphatic carbocycles. The standard InChI is InChI=1S/C20H21N3O2S/c1-14-8-10-15(11-9-14)12-23-19(25)16-6-4-5-7-17(16)21-20(23)26-13-18(24)22(2)3/h4-11H,12-13H2,1-3H3. The minimum Gasteiger partial charge on any atom is -0.348 e. The van der Waals surface area contributed by atoms with Crippen LogP contribution in [-0.4, -0.2) is 40.2 Å². The molecule has 1 amide bonds. The summed E-state index contributed by atoms with van der Waals surface area (Å²) >= 11 is 1.30. The van der Waals surface area contributed by atoms with Crippen LogP contribution in [0, 0.1) is 6.92 Å². The van der Waals surface area contributed by atoms with Gasteiger partial charge in [0.1, 0.15) is 0 Å². The number of carbonyl (C=O) groups excluding carboxylic acids is 1. The van der Waals surface area contributed by atoms with Crippen molar-refractivity contribution in [1.82, 2.24) is 14.5 Å². The van der Waals surface area contributed by atoms with Gasteiger partial charge >= 0.3 is 0 Å². The Morgan fingerprint density at radius 2 is 1.81 bits per heavy atom. The third-order valence-electron chi connectivity index (χ3n) is 4.11. The highest BCUT2D eigenvalue weighted by atomic mass is 32.2. The number of para-hydroxylation sites is 1. The molecule has 134 valence electrons. The molecule has 2 aromatic carbocycles. The lowest BCUT2D eigenvalue weighted by atomic mass is 10.1. The summed E-state index contributed by atoms with van der Waals surface area (Å²) in [6.07, 6.45) is 0. The highest BCUT2D eigenvalue weighted by Crippen LogP contribution is 2.19. The molecule has 3 rings (SSSR count). The summed E-state index contributed by atoms with van der Waals surface area (Å²) in [5.74, 6) is 0.227. The van der Waals surface area contributed by atoms with Crippen molar-refractivity contribution in [2.24, 2.45) is 0 Å². The van der Waals surface area contributed by atoms with E-state index < -0.39 is 0 Å². The lowest BCUT2D eigenvalue weighted by Crippen LogP contribution is -2.26. The molecule has 0 aliphatic rings. The van der Waals surface area contributed by atoms with Crippen molar-refractivity contribution < 1.29 is 4.79 Å². The SMILES string of the molecule is Cc1ccc(Cn2c(SCC(=O)N(C)C)nc3ccccc3c2=O)cc1. The zero-order chi connectivity index (χ0) is 18.7. The van der Waals surface area contributed by atoms with Crippen molar-refractivity contribution in [3.8, 4) is 0 Å². The van der Waals surface area contributed by atoms with Gasteiger partial charge in [0.25, 0.3) is 5.56 Å². The van der Waals surface area contributed by atoms with E-state index >= 15 is 0 Å². The summed E-state index contributed by atoms with van der Waals surface area (Å²) in [4.78, 5) is 31.1. The highest BCUT2D eigenvalue weighted by Gasteiger charge is 2.14. The molecule has 0 N–H and O–H groups in total. The van der Waals surface area contributed by atoms with Gasteiger partial charge in [-0.25, -0.2) is 4.98 Å². The fourth-order valence-electron chi connectivity index (χ4n) is 2.53. The lowest BCUT2D eigenvalue weighted by molar-refractivity contribution is -0.125. The molecule has 1 heterocycles. The van der Waals surface area contributed by atoms with Crippen molar-refractivity contribution >= 4 is 28.6 Å². The van der Waals surface area contributed by atoms with Gasteiger partial charge in [0.15, 0.2) is 5.16 Å². The first-order chi connectivity index (χ1) is 12.5. The Morgan fingerprint density at radius 1 is 1.12 bits per heavy atom.